The molecule has 366 valence electrons. The van der Waals surface area contributed by atoms with Crippen LogP contribution in [0, 0.1) is 0 Å². The maximum Gasteiger partial charge on any atom is 0.306 e. The Balaban J connectivity index is 4.48. The lowest BCUT2D eigenvalue weighted by molar-refractivity contribution is -0.167. The molecule has 0 aromatic heterocycles. The maximum absolute atomic E-state index is 12.8. The van der Waals surface area contributed by atoms with E-state index in [2.05, 4.69) is 57.2 Å². The quantitative estimate of drug-likeness (QED) is 0.0199. The first kappa shape index (κ1) is 60.6. The lowest BCUT2D eigenvalue weighted by Gasteiger charge is -2.18. The second-order valence-electron chi connectivity index (χ2n) is 17.5. The Bertz CT molecular complexity index is 1250. The number of allylic oxidation sites excluding steroid dienone is 14. The summed E-state index contributed by atoms with van der Waals surface area (Å²) in [6.45, 7) is 6.44. The van der Waals surface area contributed by atoms with Crippen LogP contribution in [0.3, 0.4) is 0 Å². The van der Waals surface area contributed by atoms with E-state index >= 15 is 0 Å². The molecule has 1 atom stereocenters. The monoisotopic (exact) mass is 891 g/mol. The minimum atomic E-state index is -0.804. The standard InChI is InChI=1S/C58H98O6/c1-4-7-10-13-16-19-22-25-28-31-33-36-39-42-45-48-51-57(60)63-54-55(64-58(61)52-49-46-43-40-37-34-30-27-24-21-18-15-12-9-6-3)53-62-56(59)50-47-44-41-38-35-32-29-26-23-20-17-14-11-8-5-2/h9,12,15,18,20-21,23-24,27-28,30-31,34,37,55H,4-8,10-11,13-14,16-17,19,22,25-26,29,32-33,35-36,38-54H2,1-3H3/b12-9-,18-15-,23-20-,24-21-,30-27-,31-28-,37-34-. The van der Waals surface area contributed by atoms with Crippen LogP contribution in [-0.2, 0) is 28.6 Å². The molecule has 0 bridgehead atoms. The number of rotatable bonds is 47. The van der Waals surface area contributed by atoms with Crippen LogP contribution in [0.2, 0.25) is 0 Å². The Morgan fingerprint density at radius 1 is 0.328 bits per heavy atom. The summed E-state index contributed by atoms with van der Waals surface area (Å²) in [5.74, 6) is -0.952. The highest BCUT2D eigenvalue weighted by Gasteiger charge is 2.19. The molecule has 0 heterocycles. The van der Waals surface area contributed by atoms with Crippen molar-refractivity contribution in [3.63, 3.8) is 0 Å². The maximum atomic E-state index is 12.8. The van der Waals surface area contributed by atoms with Crippen LogP contribution < -0.4 is 0 Å². The highest BCUT2D eigenvalue weighted by Crippen LogP contribution is 2.14. The van der Waals surface area contributed by atoms with Crippen LogP contribution in [0.15, 0.2) is 85.1 Å². The van der Waals surface area contributed by atoms with Crippen molar-refractivity contribution in [2.24, 2.45) is 0 Å². The third kappa shape index (κ3) is 49.6. The topological polar surface area (TPSA) is 78.9 Å². The van der Waals surface area contributed by atoms with Gasteiger partial charge in [0.25, 0.3) is 0 Å². The SMILES string of the molecule is CC\C=C/C=C\C=C/C=C\C=C/CCCCCC(=O)OC(COC(=O)CCCCCCC/C=C\CCCCCCCCC)COC(=O)CCCCCCCCC/C=C\CCCCCC. The number of ether oxygens (including phenoxy) is 3. The normalized spacial score (nSPS) is 12.7. The van der Waals surface area contributed by atoms with E-state index in [1.165, 1.54) is 128 Å². The van der Waals surface area contributed by atoms with Gasteiger partial charge in [0.15, 0.2) is 6.10 Å². The van der Waals surface area contributed by atoms with Gasteiger partial charge in [0.05, 0.1) is 0 Å². The van der Waals surface area contributed by atoms with E-state index in [9.17, 15) is 14.4 Å². The zero-order valence-electron chi connectivity index (χ0n) is 41.8. The van der Waals surface area contributed by atoms with Crippen LogP contribution in [-0.4, -0.2) is 37.2 Å². The van der Waals surface area contributed by atoms with Gasteiger partial charge in [-0.2, -0.15) is 0 Å². The van der Waals surface area contributed by atoms with Crippen molar-refractivity contribution >= 4 is 17.9 Å². The molecule has 0 radical (unpaired) electrons. The summed E-state index contributed by atoms with van der Waals surface area (Å²) in [6.07, 6.45) is 67.1. The predicted molar refractivity (Wildman–Crippen MR) is 274 cm³/mol. The largest absolute Gasteiger partial charge is 0.462 e. The third-order valence-corrected chi connectivity index (χ3v) is 11.2. The lowest BCUT2D eigenvalue weighted by atomic mass is 10.1. The van der Waals surface area contributed by atoms with E-state index in [1.54, 1.807) is 0 Å². The first-order valence-corrected chi connectivity index (χ1v) is 26.7. The van der Waals surface area contributed by atoms with Crippen molar-refractivity contribution in [1.29, 1.82) is 0 Å². The molecular weight excluding hydrogens is 793 g/mol. The van der Waals surface area contributed by atoms with Gasteiger partial charge in [-0.15, -0.1) is 0 Å². The number of unbranched alkanes of at least 4 members (excludes halogenated alkanes) is 26. The number of carbonyl (C=O) groups excluding carboxylic acids is 3. The smallest absolute Gasteiger partial charge is 0.306 e. The highest BCUT2D eigenvalue weighted by atomic mass is 16.6. The van der Waals surface area contributed by atoms with Crippen LogP contribution in [0.4, 0.5) is 0 Å². The summed E-state index contributed by atoms with van der Waals surface area (Å²) in [5, 5.41) is 0. The highest BCUT2D eigenvalue weighted by molar-refractivity contribution is 5.71. The summed E-state index contributed by atoms with van der Waals surface area (Å²) < 4.78 is 16.8. The van der Waals surface area contributed by atoms with Gasteiger partial charge in [0, 0.05) is 19.3 Å². The Labute approximate surface area is 395 Å². The predicted octanol–water partition coefficient (Wildman–Crippen LogP) is 17.6. The van der Waals surface area contributed by atoms with Crippen LogP contribution in [0.1, 0.15) is 245 Å². The Hall–Kier alpha value is -3.41. The molecule has 1 unspecified atom stereocenters. The van der Waals surface area contributed by atoms with Gasteiger partial charge < -0.3 is 14.2 Å². The number of carbonyl (C=O) groups is 3. The molecule has 0 fully saturated rings. The fourth-order valence-electron chi connectivity index (χ4n) is 7.22. The summed E-state index contributed by atoms with van der Waals surface area (Å²) in [5.41, 5.74) is 0. The molecule has 0 saturated heterocycles. The molecule has 0 aliphatic heterocycles. The van der Waals surface area contributed by atoms with Crippen LogP contribution in [0.5, 0.6) is 0 Å². The zero-order chi connectivity index (χ0) is 46.5. The molecule has 0 saturated carbocycles. The van der Waals surface area contributed by atoms with Crippen LogP contribution in [0.25, 0.3) is 0 Å². The fourth-order valence-corrected chi connectivity index (χ4v) is 7.22. The molecule has 0 aromatic carbocycles. The molecule has 0 amide bonds. The van der Waals surface area contributed by atoms with Gasteiger partial charge in [-0.1, -0.05) is 221 Å². The van der Waals surface area contributed by atoms with Gasteiger partial charge in [-0.25, -0.2) is 0 Å². The van der Waals surface area contributed by atoms with E-state index in [4.69, 9.17) is 14.2 Å². The molecule has 0 rings (SSSR count). The van der Waals surface area contributed by atoms with Crippen molar-refractivity contribution in [3.05, 3.63) is 85.1 Å². The first-order valence-electron chi connectivity index (χ1n) is 26.7. The van der Waals surface area contributed by atoms with Crippen molar-refractivity contribution in [1.82, 2.24) is 0 Å². The van der Waals surface area contributed by atoms with Crippen molar-refractivity contribution in [2.75, 3.05) is 13.2 Å². The number of hydrogen-bond acceptors (Lipinski definition) is 6. The minimum Gasteiger partial charge on any atom is -0.462 e. The second-order valence-corrected chi connectivity index (χ2v) is 17.5. The Morgan fingerprint density at radius 2 is 0.625 bits per heavy atom. The molecule has 0 aliphatic carbocycles. The molecule has 0 aromatic rings. The van der Waals surface area contributed by atoms with E-state index in [1.807, 2.05) is 48.6 Å². The summed E-state index contributed by atoms with van der Waals surface area (Å²) >= 11 is 0. The lowest BCUT2D eigenvalue weighted by Crippen LogP contribution is -2.30. The van der Waals surface area contributed by atoms with E-state index in [-0.39, 0.29) is 37.5 Å². The Morgan fingerprint density at radius 3 is 1.03 bits per heavy atom. The van der Waals surface area contributed by atoms with Gasteiger partial charge in [-0.3, -0.25) is 14.4 Å². The van der Waals surface area contributed by atoms with E-state index in [0.717, 1.165) is 70.6 Å². The average Bonchev–Trinajstić information content (AvgIpc) is 3.29. The summed E-state index contributed by atoms with van der Waals surface area (Å²) in [4.78, 5) is 38.0. The number of hydrogen-bond donors (Lipinski definition) is 0. The molecule has 6 heteroatoms. The van der Waals surface area contributed by atoms with Gasteiger partial charge in [0.2, 0.25) is 0 Å². The van der Waals surface area contributed by atoms with Gasteiger partial charge in [0.1, 0.15) is 13.2 Å². The molecule has 0 aliphatic rings. The van der Waals surface area contributed by atoms with Crippen molar-refractivity contribution in [2.45, 2.75) is 252 Å². The molecular formula is C58H98O6. The van der Waals surface area contributed by atoms with Crippen molar-refractivity contribution < 1.29 is 28.6 Å². The van der Waals surface area contributed by atoms with Crippen LogP contribution >= 0.6 is 0 Å². The average molecular weight is 891 g/mol. The van der Waals surface area contributed by atoms with E-state index in [0.29, 0.717) is 19.3 Å². The zero-order valence-corrected chi connectivity index (χ0v) is 41.8. The molecule has 0 N–H and O–H groups in total. The second kappa shape index (κ2) is 52.2. The van der Waals surface area contributed by atoms with E-state index < -0.39 is 6.10 Å². The summed E-state index contributed by atoms with van der Waals surface area (Å²) in [6, 6.07) is 0. The Kier molecular flexibility index (Phi) is 49.4. The molecule has 0 spiro atoms. The minimum absolute atomic E-state index is 0.0990. The fraction of sp³-hybridized carbons (Fsp3) is 0.707. The number of esters is 3. The molecule has 64 heavy (non-hydrogen) atoms. The molecule has 6 nitrogen and oxygen atoms in total. The first-order chi connectivity index (χ1) is 31.5. The van der Waals surface area contributed by atoms with Gasteiger partial charge in [-0.05, 0) is 89.9 Å². The third-order valence-electron chi connectivity index (χ3n) is 11.2. The van der Waals surface area contributed by atoms with Crippen molar-refractivity contribution in [3.8, 4) is 0 Å². The summed E-state index contributed by atoms with van der Waals surface area (Å²) in [7, 11) is 0. The van der Waals surface area contributed by atoms with Gasteiger partial charge >= 0.3 is 17.9 Å².